The highest BCUT2D eigenvalue weighted by Gasteiger charge is 2.28. The van der Waals surface area contributed by atoms with Gasteiger partial charge in [-0.2, -0.15) is 0 Å². The van der Waals surface area contributed by atoms with Crippen LogP contribution in [0.15, 0.2) is 84.0 Å². The Morgan fingerprint density at radius 2 is 1.74 bits per heavy atom. The second kappa shape index (κ2) is 12.3. The summed E-state index contributed by atoms with van der Waals surface area (Å²) in [6, 6.07) is 20.5. The Balaban J connectivity index is 1.49. The molecule has 2 aromatic heterocycles. The van der Waals surface area contributed by atoms with E-state index in [1.54, 1.807) is 30.6 Å². The van der Waals surface area contributed by atoms with Crippen LogP contribution in [0.2, 0.25) is 0 Å². The van der Waals surface area contributed by atoms with E-state index >= 15 is 0 Å². The largest absolute Gasteiger partial charge is 0.384 e. The van der Waals surface area contributed by atoms with Crippen LogP contribution in [0.25, 0.3) is 21.8 Å². The van der Waals surface area contributed by atoms with Crippen LogP contribution in [0.4, 0.5) is 5.69 Å². The SMILES string of the molecule is CCN(CC)CCN(c1ccc2c(c1)nc(CCc1ccc(C(=N)N)cc1)n2C)S(=O)(=O)c1cccc2cnccc12. The number of nitrogens with two attached hydrogens (primary N) is 1. The minimum absolute atomic E-state index is 0.0540. The van der Waals surface area contributed by atoms with Gasteiger partial charge >= 0.3 is 0 Å². The Morgan fingerprint density at radius 3 is 2.45 bits per heavy atom. The summed E-state index contributed by atoms with van der Waals surface area (Å²) in [4.78, 5) is 11.6. The van der Waals surface area contributed by atoms with Crippen molar-refractivity contribution in [3.63, 3.8) is 0 Å². The fraction of sp³-hybridized carbons (Fsp3) is 0.281. The van der Waals surface area contributed by atoms with Crippen molar-refractivity contribution in [3.05, 3.63) is 96.1 Å². The molecule has 0 fully saturated rings. The van der Waals surface area contributed by atoms with Gasteiger partial charge in [0.1, 0.15) is 11.7 Å². The van der Waals surface area contributed by atoms with Crippen molar-refractivity contribution < 1.29 is 8.42 Å². The van der Waals surface area contributed by atoms with Crippen LogP contribution in [-0.2, 0) is 29.9 Å². The van der Waals surface area contributed by atoms with Gasteiger partial charge in [0, 0.05) is 55.3 Å². The number of anilines is 1. The highest BCUT2D eigenvalue weighted by atomic mass is 32.2. The zero-order chi connectivity index (χ0) is 29.9. The van der Waals surface area contributed by atoms with Crippen LogP contribution < -0.4 is 10.0 Å². The second-order valence-corrected chi connectivity index (χ2v) is 12.2. The third-order valence-electron chi connectivity index (χ3n) is 7.87. The lowest BCUT2D eigenvalue weighted by molar-refractivity contribution is 0.313. The standard InChI is InChI=1S/C32H37N7O2S/c1-4-38(5-2)19-20-39(42(40,41)30-8-6-7-25-22-35-18-17-27(25)30)26-14-15-29-28(21-26)36-31(37(29)3)16-11-23-9-12-24(13-10-23)32(33)34/h6-10,12-15,17-18,21-22H,4-5,11,16,19-20H2,1-3H3,(H3,33,34). The van der Waals surface area contributed by atoms with E-state index in [-0.39, 0.29) is 10.7 Å². The molecule has 42 heavy (non-hydrogen) atoms. The molecule has 3 N–H and O–H groups in total. The molecular formula is C32H37N7O2S. The first kappa shape index (κ1) is 29.2. The predicted octanol–water partition coefficient (Wildman–Crippen LogP) is 4.73. The molecule has 0 aliphatic carbocycles. The first-order chi connectivity index (χ1) is 20.2. The van der Waals surface area contributed by atoms with Gasteiger partial charge in [-0.05, 0) is 55.4 Å². The molecule has 0 amide bonds. The molecule has 10 heteroatoms. The number of fused-ring (bicyclic) bond motifs is 2. The van der Waals surface area contributed by atoms with Gasteiger partial charge in [-0.1, -0.05) is 50.2 Å². The topological polar surface area (TPSA) is 121 Å². The van der Waals surface area contributed by atoms with Crippen molar-refractivity contribution in [1.82, 2.24) is 19.4 Å². The van der Waals surface area contributed by atoms with E-state index < -0.39 is 10.0 Å². The smallest absolute Gasteiger partial charge is 0.264 e. The molecule has 0 radical (unpaired) electrons. The quantitative estimate of drug-likeness (QED) is 0.162. The molecule has 9 nitrogen and oxygen atoms in total. The summed E-state index contributed by atoms with van der Waals surface area (Å²) in [5, 5.41) is 9.02. The molecule has 218 valence electrons. The van der Waals surface area contributed by atoms with Gasteiger partial charge < -0.3 is 15.2 Å². The van der Waals surface area contributed by atoms with Gasteiger partial charge in [0.15, 0.2) is 0 Å². The number of hydrogen-bond donors (Lipinski definition) is 2. The normalized spacial score (nSPS) is 11.9. The fourth-order valence-corrected chi connectivity index (χ4v) is 6.99. The Morgan fingerprint density at radius 1 is 0.976 bits per heavy atom. The third-order valence-corrected chi connectivity index (χ3v) is 9.76. The maximum Gasteiger partial charge on any atom is 0.264 e. The van der Waals surface area contributed by atoms with Gasteiger partial charge in [-0.15, -0.1) is 0 Å². The minimum Gasteiger partial charge on any atom is -0.384 e. The van der Waals surface area contributed by atoms with Gasteiger partial charge in [0.2, 0.25) is 0 Å². The Labute approximate surface area is 247 Å². The summed E-state index contributed by atoms with van der Waals surface area (Å²) < 4.78 is 32.2. The molecule has 0 bridgehead atoms. The van der Waals surface area contributed by atoms with Crippen LogP contribution in [0, 0.1) is 5.41 Å². The molecule has 2 heterocycles. The van der Waals surface area contributed by atoms with E-state index in [1.807, 2.05) is 55.6 Å². The summed E-state index contributed by atoms with van der Waals surface area (Å²) in [7, 11) is -1.91. The maximum absolute atomic E-state index is 14.3. The van der Waals surface area contributed by atoms with E-state index in [9.17, 15) is 8.42 Å². The van der Waals surface area contributed by atoms with Crippen LogP contribution in [0.3, 0.4) is 0 Å². The number of nitrogens with one attached hydrogen (secondary N) is 1. The van der Waals surface area contributed by atoms with E-state index in [1.165, 1.54) is 4.31 Å². The zero-order valence-corrected chi connectivity index (χ0v) is 25.1. The molecule has 0 atom stereocenters. The zero-order valence-electron chi connectivity index (χ0n) is 24.3. The maximum atomic E-state index is 14.3. The summed E-state index contributed by atoms with van der Waals surface area (Å²) in [6.45, 7) is 6.76. The fourth-order valence-electron chi connectivity index (χ4n) is 5.32. The predicted molar refractivity (Wildman–Crippen MR) is 170 cm³/mol. The Kier molecular flexibility index (Phi) is 8.56. The lowest BCUT2D eigenvalue weighted by atomic mass is 10.1. The van der Waals surface area contributed by atoms with Crippen molar-refractivity contribution in [2.45, 2.75) is 31.6 Å². The molecule has 0 saturated carbocycles. The highest BCUT2D eigenvalue weighted by Crippen LogP contribution is 2.31. The lowest BCUT2D eigenvalue weighted by Gasteiger charge is -2.28. The number of amidine groups is 1. The number of imidazole rings is 1. The minimum atomic E-state index is -3.90. The number of rotatable bonds is 12. The summed E-state index contributed by atoms with van der Waals surface area (Å²) in [5.74, 6) is 0.968. The van der Waals surface area contributed by atoms with E-state index in [0.29, 0.717) is 36.1 Å². The molecule has 0 spiro atoms. The molecule has 0 aliphatic heterocycles. The number of nitrogen functional groups attached to an aromatic ring is 1. The van der Waals surface area contributed by atoms with Crippen molar-refractivity contribution in [3.8, 4) is 0 Å². The van der Waals surface area contributed by atoms with Crippen molar-refractivity contribution in [1.29, 1.82) is 5.41 Å². The average Bonchev–Trinajstić information content (AvgIpc) is 3.32. The average molecular weight is 584 g/mol. The number of nitrogens with zero attached hydrogens (tertiary/aromatic N) is 5. The van der Waals surface area contributed by atoms with Crippen molar-refractivity contribution in [2.75, 3.05) is 30.5 Å². The monoisotopic (exact) mass is 583 g/mol. The molecule has 3 aromatic carbocycles. The number of benzene rings is 3. The first-order valence-corrected chi connectivity index (χ1v) is 15.6. The molecule has 5 aromatic rings. The van der Waals surface area contributed by atoms with Gasteiger partial charge in [0.25, 0.3) is 10.0 Å². The number of aryl methyl sites for hydroxylation is 3. The molecular weight excluding hydrogens is 546 g/mol. The number of likely N-dealkylation sites (N-methyl/N-ethyl adjacent to an activating group) is 1. The van der Waals surface area contributed by atoms with Crippen LogP contribution in [0.1, 0.15) is 30.8 Å². The third kappa shape index (κ3) is 5.86. The van der Waals surface area contributed by atoms with Crippen LogP contribution in [0.5, 0.6) is 0 Å². The Hall–Kier alpha value is -4.28. The van der Waals surface area contributed by atoms with E-state index in [2.05, 4.69) is 28.3 Å². The number of pyridine rings is 1. The molecule has 5 rings (SSSR count). The van der Waals surface area contributed by atoms with Crippen molar-refractivity contribution >= 4 is 43.4 Å². The van der Waals surface area contributed by atoms with E-state index in [4.69, 9.17) is 16.1 Å². The van der Waals surface area contributed by atoms with Gasteiger partial charge in [-0.25, -0.2) is 13.4 Å². The number of hydrogen-bond acceptors (Lipinski definition) is 6. The second-order valence-electron chi connectivity index (χ2n) is 10.3. The summed E-state index contributed by atoms with van der Waals surface area (Å²) >= 11 is 0. The first-order valence-electron chi connectivity index (χ1n) is 14.2. The lowest BCUT2D eigenvalue weighted by Crippen LogP contribution is -2.39. The molecule has 0 unspecified atom stereocenters. The molecule has 0 aliphatic rings. The number of aromatic nitrogens is 3. The van der Waals surface area contributed by atoms with Crippen molar-refractivity contribution in [2.24, 2.45) is 12.8 Å². The summed E-state index contributed by atoms with van der Waals surface area (Å²) in [6.07, 6.45) is 4.81. The van der Waals surface area contributed by atoms with Gasteiger partial charge in [-0.3, -0.25) is 14.7 Å². The molecule has 0 saturated heterocycles. The highest BCUT2D eigenvalue weighted by molar-refractivity contribution is 7.93. The summed E-state index contributed by atoms with van der Waals surface area (Å²) in [5.41, 5.74) is 9.70. The Bertz CT molecular complexity index is 1820. The van der Waals surface area contributed by atoms with Crippen LogP contribution in [-0.4, -0.2) is 59.9 Å². The van der Waals surface area contributed by atoms with Crippen LogP contribution >= 0.6 is 0 Å². The number of sulfonamides is 1. The van der Waals surface area contributed by atoms with E-state index in [0.717, 1.165) is 47.3 Å². The van der Waals surface area contributed by atoms with Gasteiger partial charge in [0.05, 0.1) is 21.6 Å².